The Morgan fingerprint density at radius 3 is 2.00 bits per heavy atom. The summed E-state index contributed by atoms with van der Waals surface area (Å²) in [6.45, 7) is 0. The van der Waals surface area contributed by atoms with Crippen molar-refractivity contribution in [3.8, 4) is 22.9 Å². The van der Waals surface area contributed by atoms with Gasteiger partial charge in [0, 0.05) is 16.3 Å². The number of rotatable bonds is 2. The summed E-state index contributed by atoms with van der Waals surface area (Å²) in [5.74, 6) is -0.411. The Morgan fingerprint density at radius 2 is 1.32 bits per heavy atom. The average molecular weight is 362 g/mol. The SMILES string of the molecule is N#Cc1cc(F)cc(-c2ccccc2-n2c3ccccc3c3ccccc32)c1. The molecular formula is C25H15FN2. The fourth-order valence-electron chi connectivity index (χ4n) is 3.90. The van der Waals surface area contributed by atoms with Gasteiger partial charge in [0.1, 0.15) is 5.82 Å². The smallest absolute Gasteiger partial charge is 0.125 e. The molecule has 0 amide bonds. The molecule has 0 fully saturated rings. The van der Waals surface area contributed by atoms with E-state index in [4.69, 9.17) is 0 Å². The standard InChI is InChI=1S/C25H15FN2/c26-19-14-17(16-27)13-18(15-19)20-7-1-4-10-23(20)28-24-11-5-2-8-21(24)22-9-3-6-12-25(22)28/h1-15H. The molecular weight excluding hydrogens is 347 g/mol. The molecule has 1 heterocycles. The van der Waals surface area contributed by atoms with Gasteiger partial charge in [0.15, 0.2) is 0 Å². The van der Waals surface area contributed by atoms with Gasteiger partial charge in [-0.05, 0) is 42.0 Å². The summed E-state index contributed by atoms with van der Waals surface area (Å²) < 4.78 is 16.3. The summed E-state index contributed by atoms with van der Waals surface area (Å²) >= 11 is 0. The molecule has 0 unspecified atom stereocenters. The van der Waals surface area contributed by atoms with Gasteiger partial charge in [-0.15, -0.1) is 0 Å². The first-order valence-electron chi connectivity index (χ1n) is 9.05. The van der Waals surface area contributed by atoms with E-state index in [1.54, 1.807) is 6.07 Å². The third-order valence-electron chi connectivity index (χ3n) is 5.06. The van der Waals surface area contributed by atoms with Gasteiger partial charge in [-0.3, -0.25) is 0 Å². The van der Waals surface area contributed by atoms with Gasteiger partial charge in [0.25, 0.3) is 0 Å². The lowest BCUT2D eigenvalue weighted by Crippen LogP contribution is -1.97. The molecule has 0 saturated carbocycles. The van der Waals surface area contributed by atoms with Gasteiger partial charge in [-0.25, -0.2) is 4.39 Å². The maximum absolute atomic E-state index is 14.1. The Kier molecular flexibility index (Phi) is 3.70. The lowest BCUT2D eigenvalue weighted by Gasteiger charge is -2.14. The van der Waals surface area contributed by atoms with Gasteiger partial charge < -0.3 is 4.57 Å². The van der Waals surface area contributed by atoms with Gasteiger partial charge >= 0.3 is 0 Å². The van der Waals surface area contributed by atoms with Crippen LogP contribution in [0, 0.1) is 17.1 Å². The topological polar surface area (TPSA) is 28.7 Å². The van der Waals surface area contributed by atoms with Crippen LogP contribution in [0.15, 0.2) is 91.0 Å². The van der Waals surface area contributed by atoms with Crippen molar-refractivity contribution in [2.24, 2.45) is 0 Å². The van der Waals surface area contributed by atoms with E-state index in [0.717, 1.165) is 22.3 Å². The van der Waals surface area contributed by atoms with Crippen molar-refractivity contribution in [3.05, 3.63) is 102 Å². The minimum absolute atomic E-state index is 0.312. The van der Waals surface area contributed by atoms with E-state index in [1.165, 1.54) is 22.9 Å². The molecule has 5 rings (SSSR count). The number of para-hydroxylation sites is 3. The molecule has 132 valence electrons. The molecule has 0 aliphatic heterocycles. The molecule has 0 aliphatic carbocycles. The van der Waals surface area contributed by atoms with Crippen LogP contribution in [0.5, 0.6) is 0 Å². The zero-order valence-electron chi connectivity index (χ0n) is 14.9. The largest absolute Gasteiger partial charge is 0.309 e. The molecule has 0 spiro atoms. The van der Waals surface area contributed by atoms with E-state index in [2.05, 4.69) is 28.8 Å². The summed E-state index contributed by atoms with van der Waals surface area (Å²) in [5.41, 5.74) is 5.02. The number of aromatic nitrogens is 1. The third kappa shape index (κ3) is 2.47. The van der Waals surface area contributed by atoms with Crippen molar-refractivity contribution in [2.45, 2.75) is 0 Å². The van der Waals surface area contributed by atoms with Crippen LogP contribution < -0.4 is 0 Å². The van der Waals surface area contributed by atoms with Crippen LogP contribution in [0.1, 0.15) is 5.56 Å². The molecule has 4 aromatic carbocycles. The molecule has 0 saturated heterocycles. The number of halogens is 1. The van der Waals surface area contributed by atoms with Crippen molar-refractivity contribution in [3.63, 3.8) is 0 Å². The van der Waals surface area contributed by atoms with Gasteiger partial charge in [0.05, 0.1) is 28.4 Å². The highest BCUT2D eigenvalue weighted by atomic mass is 19.1. The predicted octanol–water partition coefficient (Wildman–Crippen LogP) is 6.46. The van der Waals surface area contributed by atoms with Crippen molar-refractivity contribution in [1.29, 1.82) is 5.26 Å². The number of nitrogens with zero attached hydrogens (tertiary/aromatic N) is 2. The Hall–Kier alpha value is -3.90. The van der Waals surface area contributed by atoms with E-state index in [0.29, 0.717) is 11.1 Å². The maximum Gasteiger partial charge on any atom is 0.125 e. The Bertz CT molecular complexity index is 1340. The van der Waals surface area contributed by atoms with Crippen molar-refractivity contribution in [2.75, 3.05) is 0 Å². The zero-order chi connectivity index (χ0) is 19.1. The normalized spacial score (nSPS) is 11.0. The summed E-state index contributed by atoms with van der Waals surface area (Å²) in [6.07, 6.45) is 0. The van der Waals surface area contributed by atoms with Crippen molar-refractivity contribution >= 4 is 21.8 Å². The molecule has 2 nitrogen and oxygen atoms in total. The fraction of sp³-hybridized carbons (Fsp3) is 0. The van der Waals surface area contributed by atoms with Crippen LogP contribution >= 0.6 is 0 Å². The van der Waals surface area contributed by atoms with Gasteiger partial charge in [0.2, 0.25) is 0 Å². The Labute approximate surface area is 161 Å². The number of benzene rings is 4. The van der Waals surface area contributed by atoms with Crippen LogP contribution in [0.2, 0.25) is 0 Å². The minimum atomic E-state index is -0.411. The van der Waals surface area contributed by atoms with Crippen LogP contribution in [-0.2, 0) is 0 Å². The monoisotopic (exact) mass is 362 g/mol. The molecule has 0 N–H and O–H groups in total. The number of nitriles is 1. The second kappa shape index (κ2) is 6.37. The molecule has 0 bridgehead atoms. The highest BCUT2D eigenvalue weighted by molar-refractivity contribution is 6.09. The first kappa shape index (κ1) is 16.3. The molecule has 3 heteroatoms. The summed E-state index contributed by atoms with van der Waals surface area (Å²) in [7, 11) is 0. The summed E-state index contributed by atoms with van der Waals surface area (Å²) in [5, 5.41) is 11.6. The number of hydrogen-bond donors (Lipinski definition) is 0. The van der Waals surface area contributed by atoms with Crippen LogP contribution in [0.4, 0.5) is 4.39 Å². The molecule has 5 aromatic rings. The van der Waals surface area contributed by atoms with E-state index in [1.807, 2.05) is 54.6 Å². The van der Waals surface area contributed by atoms with E-state index >= 15 is 0 Å². The second-order valence-electron chi connectivity index (χ2n) is 6.73. The first-order chi connectivity index (χ1) is 13.8. The Morgan fingerprint density at radius 1 is 0.714 bits per heavy atom. The van der Waals surface area contributed by atoms with Crippen molar-refractivity contribution in [1.82, 2.24) is 4.57 Å². The van der Waals surface area contributed by atoms with E-state index < -0.39 is 5.82 Å². The highest BCUT2D eigenvalue weighted by Crippen LogP contribution is 2.36. The van der Waals surface area contributed by atoms with Crippen LogP contribution in [-0.4, -0.2) is 4.57 Å². The maximum atomic E-state index is 14.1. The molecule has 1 aromatic heterocycles. The zero-order valence-corrected chi connectivity index (χ0v) is 14.9. The molecule has 0 aliphatic rings. The molecule has 0 radical (unpaired) electrons. The minimum Gasteiger partial charge on any atom is -0.309 e. The van der Waals surface area contributed by atoms with Crippen LogP contribution in [0.3, 0.4) is 0 Å². The summed E-state index contributed by atoms with van der Waals surface area (Å²) in [6, 6.07) is 31.0. The second-order valence-corrected chi connectivity index (χ2v) is 6.73. The molecule has 28 heavy (non-hydrogen) atoms. The Balaban J connectivity index is 1.88. The predicted molar refractivity (Wildman–Crippen MR) is 111 cm³/mol. The lowest BCUT2D eigenvalue weighted by molar-refractivity contribution is 0.628. The van der Waals surface area contributed by atoms with E-state index in [9.17, 15) is 9.65 Å². The highest BCUT2D eigenvalue weighted by Gasteiger charge is 2.15. The van der Waals surface area contributed by atoms with Gasteiger partial charge in [-0.2, -0.15) is 5.26 Å². The number of hydrogen-bond acceptors (Lipinski definition) is 1. The average Bonchev–Trinajstić information content (AvgIpc) is 3.07. The fourth-order valence-corrected chi connectivity index (χ4v) is 3.90. The summed E-state index contributed by atoms with van der Waals surface area (Å²) in [4.78, 5) is 0. The van der Waals surface area contributed by atoms with Crippen LogP contribution in [0.25, 0.3) is 38.6 Å². The van der Waals surface area contributed by atoms with E-state index in [-0.39, 0.29) is 0 Å². The first-order valence-corrected chi connectivity index (χ1v) is 9.05. The van der Waals surface area contributed by atoms with Crippen molar-refractivity contribution < 1.29 is 4.39 Å². The lowest BCUT2D eigenvalue weighted by atomic mass is 10.0. The molecule has 0 atom stereocenters. The number of fused-ring (bicyclic) bond motifs is 3. The third-order valence-corrected chi connectivity index (χ3v) is 5.06. The quantitative estimate of drug-likeness (QED) is 0.354. The van der Waals surface area contributed by atoms with Gasteiger partial charge in [-0.1, -0.05) is 54.6 Å².